The zero-order valence-corrected chi connectivity index (χ0v) is 7.46. The van der Waals surface area contributed by atoms with Gasteiger partial charge in [-0.1, -0.05) is 13.3 Å². The van der Waals surface area contributed by atoms with Crippen LogP contribution >= 0.6 is 0 Å². The van der Waals surface area contributed by atoms with Gasteiger partial charge in [0.1, 0.15) is 11.9 Å². The summed E-state index contributed by atoms with van der Waals surface area (Å²) in [6.07, 6.45) is 2.85. The number of amidine groups is 1. The Labute approximate surface area is 76.8 Å². The van der Waals surface area contributed by atoms with E-state index >= 15 is 0 Å². The predicted octanol–water partition coefficient (Wildman–Crippen LogP) is 1.69. The van der Waals surface area contributed by atoms with Gasteiger partial charge in [-0.15, -0.1) is 0 Å². The highest BCUT2D eigenvalue weighted by atomic mass is 15.0. The average Bonchev–Trinajstić information content (AvgIpc) is 2.57. The average molecular weight is 174 g/mol. The first-order valence-electron chi connectivity index (χ1n) is 4.18. The van der Waals surface area contributed by atoms with E-state index in [1.807, 2.05) is 6.07 Å². The van der Waals surface area contributed by atoms with Crippen LogP contribution in [0, 0.1) is 16.7 Å². The second-order valence-electron chi connectivity index (χ2n) is 2.68. The molecule has 0 aromatic rings. The molecule has 66 valence electrons. The lowest BCUT2D eigenvalue weighted by molar-refractivity contribution is 0.832. The second kappa shape index (κ2) is 4.34. The molecule has 0 unspecified atom stereocenters. The molecular weight excluding hydrogens is 164 g/mol. The topological polar surface area (TPSA) is 72.4 Å². The normalized spacial score (nSPS) is 14.6. The van der Waals surface area contributed by atoms with E-state index in [9.17, 15) is 0 Å². The van der Waals surface area contributed by atoms with Gasteiger partial charge in [0.15, 0.2) is 11.4 Å². The minimum Gasteiger partial charge on any atom is -0.257 e. The van der Waals surface area contributed by atoms with Crippen molar-refractivity contribution in [2.24, 2.45) is 9.98 Å². The summed E-state index contributed by atoms with van der Waals surface area (Å²) in [5, 5.41) is 15.5. The van der Waals surface area contributed by atoms with E-state index in [-0.39, 0.29) is 11.4 Å². The summed E-state index contributed by atoms with van der Waals surface area (Å²) in [5.74, 6) is 2.74. The van der Waals surface area contributed by atoms with Crippen LogP contribution in [0.2, 0.25) is 0 Å². The Morgan fingerprint density at radius 3 is 2.69 bits per heavy atom. The van der Waals surface area contributed by atoms with E-state index in [1.54, 1.807) is 0 Å². The monoisotopic (exact) mass is 174 g/mol. The maximum atomic E-state index is 8.61. The molecule has 0 spiro atoms. The molecule has 0 aliphatic carbocycles. The van der Waals surface area contributed by atoms with Crippen molar-refractivity contribution in [2.45, 2.75) is 26.2 Å². The van der Waals surface area contributed by atoms with Crippen molar-refractivity contribution in [3.63, 3.8) is 0 Å². The molecule has 0 bridgehead atoms. The van der Waals surface area contributed by atoms with E-state index < -0.39 is 0 Å². The number of nitrogens with one attached hydrogen (secondary N) is 1. The van der Waals surface area contributed by atoms with Crippen molar-refractivity contribution in [1.29, 1.82) is 10.7 Å². The van der Waals surface area contributed by atoms with E-state index in [4.69, 9.17) is 10.7 Å². The van der Waals surface area contributed by atoms with Crippen molar-refractivity contribution in [3.05, 3.63) is 5.70 Å². The first-order chi connectivity index (χ1) is 6.31. The molecule has 4 heteroatoms. The molecule has 13 heavy (non-hydrogen) atoms. The van der Waals surface area contributed by atoms with Gasteiger partial charge in [0, 0.05) is 12.3 Å². The Morgan fingerprint density at radius 2 is 2.23 bits per heavy atom. The Kier molecular flexibility index (Phi) is 3.13. The summed E-state index contributed by atoms with van der Waals surface area (Å²) >= 11 is 0. The zero-order valence-electron chi connectivity index (χ0n) is 7.46. The third-order valence-corrected chi connectivity index (χ3v) is 1.68. The van der Waals surface area contributed by atoms with Crippen molar-refractivity contribution < 1.29 is 0 Å². The van der Waals surface area contributed by atoms with Crippen molar-refractivity contribution in [2.75, 3.05) is 0 Å². The third kappa shape index (κ3) is 2.11. The lowest BCUT2D eigenvalue weighted by Crippen LogP contribution is -1.92. The number of hydrogen-bond acceptors (Lipinski definition) is 4. The van der Waals surface area contributed by atoms with Gasteiger partial charge in [-0.25, -0.2) is 9.98 Å². The number of hydrogen-bond donors (Lipinski definition) is 1. The van der Waals surface area contributed by atoms with Crippen LogP contribution in [0.5, 0.6) is 0 Å². The fraction of sp³-hybridized carbons (Fsp3) is 0.444. The van der Waals surface area contributed by atoms with E-state index in [2.05, 4.69) is 22.8 Å². The van der Waals surface area contributed by atoms with E-state index in [0.717, 1.165) is 19.3 Å². The molecule has 0 atom stereocenters. The summed E-state index contributed by atoms with van der Waals surface area (Å²) in [7, 11) is 0. The standard InChI is InChI=1S/C9H10N4/c1-2-3-4-9-12-7(5-10)8(6-11)13-9/h10H,2-4H2,1H3. The Bertz CT molecular complexity index is 350. The van der Waals surface area contributed by atoms with Crippen LogP contribution in [0.3, 0.4) is 0 Å². The molecule has 1 rings (SSSR count). The van der Waals surface area contributed by atoms with Gasteiger partial charge in [-0.05, 0) is 6.42 Å². The van der Waals surface area contributed by atoms with E-state index in [1.165, 1.54) is 0 Å². The molecular formula is C9H10N4. The van der Waals surface area contributed by atoms with Crippen LogP contribution in [0.4, 0.5) is 0 Å². The molecule has 0 aromatic carbocycles. The van der Waals surface area contributed by atoms with Gasteiger partial charge in [-0.2, -0.15) is 5.26 Å². The molecule has 0 aromatic heterocycles. The van der Waals surface area contributed by atoms with Gasteiger partial charge in [0.05, 0.1) is 0 Å². The lowest BCUT2D eigenvalue weighted by Gasteiger charge is -1.91. The molecule has 0 amide bonds. The number of nitrogens with zero attached hydrogens (tertiary/aromatic N) is 3. The highest BCUT2D eigenvalue weighted by molar-refractivity contribution is 6.23. The SMILES string of the molecule is CCCCC1=NC(=C=N)C(C#N)=N1. The molecule has 0 fully saturated rings. The van der Waals surface area contributed by atoms with Crippen molar-refractivity contribution in [1.82, 2.24) is 0 Å². The molecule has 1 aliphatic rings. The van der Waals surface area contributed by atoms with Gasteiger partial charge < -0.3 is 0 Å². The summed E-state index contributed by atoms with van der Waals surface area (Å²) in [6, 6.07) is 1.89. The van der Waals surface area contributed by atoms with Gasteiger partial charge in [0.25, 0.3) is 0 Å². The summed E-state index contributed by atoms with van der Waals surface area (Å²) in [6.45, 7) is 2.08. The molecule has 0 radical (unpaired) electrons. The number of nitriles is 1. The van der Waals surface area contributed by atoms with Crippen LogP contribution in [-0.4, -0.2) is 17.4 Å². The maximum absolute atomic E-state index is 8.61. The fourth-order valence-electron chi connectivity index (χ4n) is 1.00. The molecule has 0 saturated carbocycles. The predicted molar refractivity (Wildman–Crippen MR) is 51.2 cm³/mol. The Hall–Kier alpha value is -1.72. The fourth-order valence-corrected chi connectivity index (χ4v) is 1.00. The molecule has 1 aliphatic heterocycles. The highest BCUT2D eigenvalue weighted by Gasteiger charge is 2.14. The zero-order chi connectivity index (χ0) is 9.68. The van der Waals surface area contributed by atoms with Gasteiger partial charge in [-0.3, -0.25) is 5.41 Å². The number of aliphatic imine (C=N–C) groups is 2. The van der Waals surface area contributed by atoms with Gasteiger partial charge in [0.2, 0.25) is 0 Å². The second-order valence-corrected chi connectivity index (χ2v) is 2.68. The largest absolute Gasteiger partial charge is 0.257 e. The summed E-state index contributed by atoms with van der Waals surface area (Å²) < 4.78 is 0. The van der Waals surface area contributed by atoms with Gasteiger partial charge >= 0.3 is 0 Å². The van der Waals surface area contributed by atoms with E-state index in [0.29, 0.717) is 5.84 Å². The first-order valence-corrected chi connectivity index (χ1v) is 4.18. The summed E-state index contributed by atoms with van der Waals surface area (Å²) in [4.78, 5) is 7.99. The first kappa shape index (κ1) is 9.37. The number of rotatable bonds is 3. The minimum atomic E-state index is 0.209. The minimum absolute atomic E-state index is 0.209. The maximum Gasteiger partial charge on any atom is 0.177 e. The van der Waals surface area contributed by atoms with Crippen LogP contribution in [0.25, 0.3) is 0 Å². The van der Waals surface area contributed by atoms with Crippen LogP contribution in [-0.2, 0) is 0 Å². The summed E-state index contributed by atoms with van der Waals surface area (Å²) in [5.41, 5.74) is 0.467. The number of allylic oxidation sites excluding steroid dienone is 1. The lowest BCUT2D eigenvalue weighted by atomic mass is 10.2. The molecule has 0 saturated heterocycles. The van der Waals surface area contributed by atoms with Crippen LogP contribution < -0.4 is 0 Å². The van der Waals surface area contributed by atoms with Crippen molar-refractivity contribution >= 4 is 17.4 Å². The van der Waals surface area contributed by atoms with Crippen LogP contribution in [0.15, 0.2) is 15.7 Å². The quantitative estimate of drug-likeness (QED) is 0.649. The Morgan fingerprint density at radius 1 is 1.46 bits per heavy atom. The highest BCUT2D eigenvalue weighted by Crippen LogP contribution is 2.10. The molecule has 1 N–H and O–H groups in total. The molecule has 1 heterocycles. The third-order valence-electron chi connectivity index (χ3n) is 1.68. The van der Waals surface area contributed by atoms with Crippen LogP contribution in [0.1, 0.15) is 26.2 Å². The number of unbranched alkanes of at least 4 members (excludes halogenated alkanes) is 1. The molecule has 4 nitrogen and oxygen atoms in total. The van der Waals surface area contributed by atoms with Crippen molar-refractivity contribution in [3.8, 4) is 6.07 Å². The Balaban J connectivity index is 2.77. The smallest absolute Gasteiger partial charge is 0.177 e.